The number of halogens is 2. The van der Waals surface area contributed by atoms with Crippen LogP contribution in [-0.2, 0) is 4.79 Å². The molecule has 122 valence electrons. The maximum atomic E-state index is 13.5. The highest BCUT2D eigenvalue weighted by molar-refractivity contribution is 5.91. The van der Waals surface area contributed by atoms with E-state index < -0.39 is 23.2 Å². The minimum atomic E-state index is -0.776. The Kier molecular flexibility index (Phi) is 5.82. The van der Waals surface area contributed by atoms with Gasteiger partial charge in [0, 0.05) is 11.5 Å². The Morgan fingerprint density at radius 3 is 2.22 bits per heavy atom. The van der Waals surface area contributed by atoms with Gasteiger partial charge in [-0.2, -0.15) is 0 Å². The van der Waals surface area contributed by atoms with E-state index in [9.17, 15) is 13.6 Å². The Bertz CT molecular complexity index is 639. The highest BCUT2D eigenvalue weighted by Crippen LogP contribution is 2.18. The van der Waals surface area contributed by atoms with Gasteiger partial charge in [0.25, 0.3) is 5.91 Å². The van der Waals surface area contributed by atoms with Crippen molar-refractivity contribution in [3.8, 4) is 0 Å². The minimum Gasteiger partial charge on any atom is -0.332 e. The van der Waals surface area contributed by atoms with Crippen LogP contribution in [0.3, 0.4) is 0 Å². The van der Waals surface area contributed by atoms with Crippen molar-refractivity contribution in [3.05, 3.63) is 65.7 Å². The van der Waals surface area contributed by atoms with Crippen LogP contribution in [0.2, 0.25) is 0 Å². The molecule has 0 aromatic heterocycles. The van der Waals surface area contributed by atoms with Crippen LogP contribution >= 0.6 is 0 Å². The molecule has 2 aromatic rings. The second-order valence-electron chi connectivity index (χ2n) is 5.77. The van der Waals surface area contributed by atoms with Crippen molar-refractivity contribution >= 4 is 11.6 Å². The lowest BCUT2D eigenvalue weighted by atomic mass is 9.96. The highest BCUT2D eigenvalue weighted by Gasteiger charge is 2.21. The topological polar surface area (TPSA) is 45.7 Å². The predicted octanol–water partition coefficient (Wildman–Crippen LogP) is 2.86. The van der Waals surface area contributed by atoms with Crippen molar-refractivity contribution in [2.75, 3.05) is 11.9 Å². The number of benzene rings is 2. The molecule has 2 rings (SSSR count). The lowest BCUT2D eigenvalue weighted by Gasteiger charge is -2.19. The van der Waals surface area contributed by atoms with Crippen LogP contribution in [0.5, 0.6) is 0 Å². The summed E-state index contributed by atoms with van der Waals surface area (Å²) in [5.41, 5.74) is 0.721. The molecular weight excluding hydrogens is 298 g/mol. The number of amides is 1. The van der Waals surface area contributed by atoms with E-state index in [1.807, 2.05) is 35.6 Å². The van der Waals surface area contributed by atoms with Crippen LogP contribution < -0.4 is 10.6 Å². The predicted molar refractivity (Wildman–Crippen MR) is 85.8 cm³/mol. The van der Waals surface area contributed by atoms with Crippen LogP contribution in [0.1, 0.15) is 25.5 Å². The van der Waals surface area contributed by atoms with Crippen LogP contribution in [0.25, 0.3) is 0 Å². The van der Waals surface area contributed by atoms with Crippen molar-refractivity contribution < 1.29 is 18.9 Å². The fourth-order valence-corrected chi connectivity index (χ4v) is 2.51. The second-order valence-corrected chi connectivity index (χ2v) is 5.77. The first-order valence-corrected chi connectivity index (χ1v) is 7.61. The maximum absolute atomic E-state index is 13.5. The Labute approximate surface area is 134 Å². The van der Waals surface area contributed by atoms with E-state index in [1.165, 1.54) is 6.07 Å². The zero-order valence-electron chi connectivity index (χ0n) is 13.2. The summed E-state index contributed by atoms with van der Waals surface area (Å²) < 4.78 is 27.1. The van der Waals surface area contributed by atoms with E-state index in [-0.39, 0.29) is 12.6 Å². The maximum Gasteiger partial charge on any atom is 0.279 e. The molecule has 0 spiro atoms. The van der Waals surface area contributed by atoms with E-state index in [4.69, 9.17) is 0 Å². The van der Waals surface area contributed by atoms with Crippen molar-refractivity contribution in [1.82, 2.24) is 0 Å². The first-order chi connectivity index (χ1) is 11.0. The highest BCUT2D eigenvalue weighted by atomic mass is 19.1. The monoisotopic (exact) mass is 319 g/mol. The molecule has 23 heavy (non-hydrogen) atoms. The number of carbonyl (C=O) groups is 1. The van der Waals surface area contributed by atoms with E-state index >= 15 is 0 Å². The first-order valence-electron chi connectivity index (χ1n) is 7.61. The summed E-state index contributed by atoms with van der Waals surface area (Å²) in [4.78, 5) is 12.0. The molecule has 0 fully saturated rings. The standard InChI is InChI=1S/C18H20F2N2O/c1-12(2)17(13-7-4-3-5-8-13)21-11-16(23)22-18-14(19)9-6-10-15(18)20/h3-10,12,17,21H,11H2,1-2H3,(H,22,23)/p+1/t17-/m0/s1. The number of anilines is 1. The number of carbonyl (C=O) groups excluding carboxylic acids is 1. The molecule has 3 N–H and O–H groups in total. The van der Waals surface area contributed by atoms with Gasteiger partial charge in [-0.3, -0.25) is 4.79 Å². The number of hydrogen-bond donors (Lipinski definition) is 2. The summed E-state index contributed by atoms with van der Waals surface area (Å²) in [6.45, 7) is 4.23. The number of para-hydroxylation sites is 1. The normalized spacial score (nSPS) is 12.2. The molecule has 1 amide bonds. The Balaban J connectivity index is 2.00. The average molecular weight is 319 g/mol. The Hall–Kier alpha value is -2.27. The molecule has 0 bridgehead atoms. The van der Waals surface area contributed by atoms with Crippen molar-refractivity contribution in [2.24, 2.45) is 5.92 Å². The Morgan fingerprint density at radius 1 is 1.04 bits per heavy atom. The van der Waals surface area contributed by atoms with Gasteiger partial charge in [-0.25, -0.2) is 8.78 Å². The second kappa shape index (κ2) is 7.83. The summed E-state index contributed by atoms with van der Waals surface area (Å²) in [6.07, 6.45) is 0. The van der Waals surface area contributed by atoms with Crippen LogP contribution in [0.15, 0.2) is 48.5 Å². The van der Waals surface area contributed by atoms with Gasteiger partial charge >= 0.3 is 0 Å². The summed E-state index contributed by atoms with van der Waals surface area (Å²) >= 11 is 0. The van der Waals surface area contributed by atoms with Crippen molar-refractivity contribution in [1.29, 1.82) is 0 Å². The zero-order chi connectivity index (χ0) is 16.8. The lowest BCUT2D eigenvalue weighted by Crippen LogP contribution is -2.88. The molecule has 3 nitrogen and oxygen atoms in total. The molecule has 0 aliphatic rings. The summed E-state index contributed by atoms with van der Waals surface area (Å²) in [7, 11) is 0. The molecule has 0 heterocycles. The van der Waals surface area contributed by atoms with Crippen LogP contribution in [0, 0.1) is 17.6 Å². The van der Waals surface area contributed by atoms with Gasteiger partial charge in [0.15, 0.2) is 6.54 Å². The number of hydrogen-bond acceptors (Lipinski definition) is 1. The largest absolute Gasteiger partial charge is 0.332 e. The van der Waals surface area contributed by atoms with Crippen molar-refractivity contribution in [2.45, 2.75) is 19.9 Å². The van der Waals surface area contributed by atoms with Gasteiger partial charge in [-0.15, -0.1) is 0 Å². The lowest BCUT2D eigenvalue weighted by molar-refractivity contribution is -0.692. The summed E-state index contributed by atoms with van der Waals surface area (Å²) in [5, 5.41) is 4.19. The SMILES string of the molecule is CC(C)[C@H]([NH2+]CC(=O)Nc1c(F)cccc1F)c1ccccc1. The van der Waals surface area contributed by atoms with Gasteiger partial charge in [0.1, 0.15) is 23.4 Å². The first kappa shape index (κ1) is 17.1. The van der Waals surface area contributed by atoms with Crippen molar-refractivity contribution in [3.63, 3.8) is 0 Å². The van der Waals surface area contributed by atoms with Gasteiger partial charge in [0.2, 0.25) is 0 Å². The number of rotatable bonds is 6. The Morgan fingerprint density at radius 2 is 1.65 bits per heavy atom. The van der Waals surface area contributed by atoms with E-state index in [0.29, 0.717) is 5.92 Å². The van der Waals surface area contributed by atoms with E-state index in [1.54, 1.807) is 0 Å². The van der Waals surface area contributed by atoms with E-state index in [0.717, 1.165) is 17.7 Å². The fraction of sp³-hybridized carbons (Fsp3) is 0.278. The summed E-state index contributed by atoms with van der Waals surface area (Å²) in [6, 6.07) is 13.5. The van der Waals surface area contributed by atoms with Gasteiger partial charge in [-0.1, -0.05) is 50.2 Å². The summed E-state index contributed by atoms with van der Waals surface area (Å²) in [5.74, 6) is -1.67. The minimum absolute atomic E-state index is 0.0888. The molecule has 0 aliphatic heterocycles. The molecule has 0 aliphatic carbocycles. The quantitative estimate of drug-likeness (QED) is 0.845. The van der Waals surface area contributed by atoms with Gasteiger partial charge in [0.05, 0.1) is 0 Å². The number of quaternary nitrogens is 1. The molecule has 0 saturated carbocycles. The molecule has 1 atom stereocenters. The number of nitrogens with one attached hydrogen (secondary N) is 1. The van der Waals surface area contributed by atoms with Gasteiger partial charge < -0.3 is 10.6 Å². The molecule has 0 radical (unpaired) electrons. The molecule has 0 saturated heterocycles. The third kappa shape index (κ3) is 4.60. The van der Waals surface area contributed by atoms with Crippen LogP contribution in [0.4, 0.5) is 14.5 Å². The van der Waals surface area contributed by atoms with Crippen LogP contribution in [-0.4, -0.2) is 12.5 Å². The third-order valence-electron chi connectivity index (χ3n) is 3.69. The van der Waals surface area contributed by atoms with E-state index in [2.05, 4.69) is 19.2 Å². The zero-order valence-corrected chi connectivity index (χ0v) is 13.2. The molecular formula is C18H21F2N2O+. The third-order valence-corrected chi connectivity index (χ3v) is 3.69. The fourth-order valence-electron chi connectivity index (χ4n) is 2.51. The average Bonchev–Trinajstić information content (AvgIpc) is 2.52. The van der Waals surface area contributed by atoms with Gasteiger partial charge in [-0.05, 0) is 12.1 Å². The molecule has 2 aromatic carbocycles. The molecule has 0 unspecified atom stereocenters. The smallest absolute Gasteiger partial charge is 0.279 e. The number of nitrogens with two attached hydrogens (primary N) is 1. The molecule has 5 heteroatoms.